The second kappa shape index (κ2) is 10.2. The minimum atomic E-state index is -0.152. The van der Waals surface area contributed by atoms with Gasteiger partial charge in [-0.15, -0.1) is 0 Å². The van der Waals surface area contributed by atoms with Gasteiger partial charge in [0.1, 0.15) is 18.1 Å². The first kappa shape index (κ1) is 21.8. The van der Waals surface area contributed by atoms with Gasteiger partial charge in [-0.1, -0.05) is 17.7 Å². The topological polar surface area (TPSA) is 54.0 Å². The van der Waals surface area contributed by atoms with Crippen LogP contribution in [-0.4, -0.2) is 63.8 Å². The van der Waals surface area contributed by atoms with E-state index in [4.69, 9.17) is 21.1 Å². The molecule has 2 aliphatic heterocycles. The largest absolute Gasteiger partial charge is 0.497 e. The van der Waals surface area contributed by atoms with E-state index in [1.165, 1.54) is 5.69 Å². The van der Waals surface area contributed by atoms with Gasteiger partial charge in [0.15, 0.2) is 0 Å². The SMILES string of the molecule is COc1ccc2c(c1)C[C@@H](C(=O)NCCCN1CCN(c3cccc(Cl)c3)CC1)CO2. The summed E-state index contributed by atoms with van der Waals surface area (Å²) in [6.07, 6.45) is 1.63. The van der Waals surface area contributed by atoms with Crippen LogP contribution >= 0.6 is 11.6 Å². The van der Waals surface area contributed by atoms with Gasteiger partial charge in [0, 0.05) is 43.4 Å². The lowest BCUT2D eigenvalue weighted by Gasteiger charge is -2.36. The molecule has 1 saturated heterocycles. The van der Waals surface area contributed by atoms with Gasteiger partial charge in [-0.3, -0.25) is 9.69 Å². The standard InChI is InChI=1S/C24H30ClN3O3/c1-30-22-6-7-23-18(15-22)14-19(17-31-23)24(29)26-8-3-9-27-10-12-28(13-11-27)21-5-2-4-20(25)16-21/h2,4-7,15-16,19H,3,8-14,17H2,1H3,(H,26,29)/t19-/m1/s1. The number of hydrogen-bond acceptors (Lipinski definition) is 5. The van der Waals surface area contributed by atoms with E-state index in [2.05, 4.69) is 21.2 Å². The van der Waals surface area contributed by atoms with Crippen LogP contribution in [0.4, 0.5) is 5.69 Å². The van der Waals surface area contributed by atoms with E-state index in [1.807, 2.05) is 36.4 Å². The fraction of sp³-hybridized carbons (Fsp3) is 0.458. The molecule has 0 saturated carbocycles. The molecular formula is C24H30ClN3O3. The number of hydrogen-bond donors (Lipinski definition) is 1. The van der Waals surface area contributed by atoms with Crippen LogP contribution in [0.2, 0.25) is 5.02 Å². The third kappa shape index (κ3) is 5.63. The number of rotatable bonds is 7. The van der Waals surface area contributed by atoms with Crippen molar-refractivity contribution in [3.05, 3.63) is 53.1 Å². The maximum atomic E-state index is 12.6. The summed E-state index contributed by atoms with van der Waals surface area (Å²) < 4.78 is 11.1. The maximum absolute atomic E-state index is 12.6. The summed E-state index contributed by atoms with van der Waals surface area (Å²) in [5, 5.41) is 3.87. The van der Waals surface area contributed by atoms with Crippen LogP contribution in [-0.2, 0) is 11.2 Å². The van der Waals surface area contributed by atoms with Gasteiger partial charge in [-0.05, 0) is 61.3 Å². The summed E-state index contributed by atoms with van der Waals surface area (Å²) >= 11 is 6.11. The van der Waals surface area contributed by atoms with Crippen LogP contribution in [0.3, 0.4) is 0 Å². The average molecular weight is 444 g/mol. The van der Waals surface area contributed by atoms with Gasteiger partial charge in [0.05, 0.1) is 13.0 Å². The van der Waals surface area contributed by atoms with E-state index < -0.39 is 0 Å². The van der Waals surface area contributed by atoms with Crippen molar-refractivity contribution in [3.63, 3.8) is 0 Å². The molecule has 2 heterocycles. The number of benzene rings is 2. The molecule has 7 heteroatoms. The second-order valence-corrected chi connectivity index (χ2v) is 8.58. The van der Waals surface area contributed by atoms with Crippen LogP contribution in [0, 0.1) is 5.92 Å². The average Bonchev–Trinajstić information content (AvgIpc) is 2.81. The van der Waals surface area contributed by atoms with Gasteiger partial charge in [-0.2, -0.15) is 0 Å². The first-order valence-electron chi connectivity index (χ1n) is 10.9. The highest BCUT2D eigenvalue weighted by Crippen LogP contribution is 2.30. The molecule has 2 aliphatic rings. The van der Waals surface area contributed by atoms with Crippen molar-refractivity contribution in [2.45, 2.75) is 12.8 Å². The Morgan fingerprint density at radius 1 is 1.19 bits per heavy atom. The summed E-state index contributed by atoms with van der Waals surface area (Å²) in [7, 11) is 1.65. The first-order valence-corrected chi connectivity index (χ1v) is 11.3. The van der Waals surface area contributed by atoms with Crippen LogP contribution in [0.15, 0.2) is 42.5 Å². The summed E-state index contributed by atoms with van der Waals surface area (Å²) in [6, 6.07) is 13.8. The van der Waals surface area contributed by atoms with E-state index in [0.29, 0.717) is 19.6 Å². The number of nitrogens with one attached hydrogen (secondary N) is 1. The Labute approximate surface area is 189 Å². The van der Waals surface area contributed by atoms with Crippen molar-refractivity contribution in [2.24, 2.45) is 5.92 Å². The van der Waals surface area contributed by atoms with E-state index >= 15 is 0 Å². The van der Waals surface area contributed by atoms with Crippen LogP contribution < -0.4 is 19.7 Å². The van der Waals surface area contributed by atoms with Gasteiger partial charge < -0.3 is 19.7 Å². The molecule has 2 aromatic carbocycles. The lowest BCUT2D eigenvalue weighted by molar-refractivity contribution is -0.126. The predicted molar refractivity (Wildman–Crippen MR) is 123 cm³/mol. The van der Waals surface area contributed by atoms with Gasteiger partial charge >= 0.3 is 0 Å². The molecule has 0 aliphatic carbocycles. The van der Waals surface area contributed by atoms with Crippen molar-refractivity contribution in [1.29, 1.82) is 0 Å². The number of carbonyl (C=O) groups excluding carboxylic acids is 1. The lowest BCUT2D eigenvalue weighted by atomic mass is 9.96. The molecule has 0 radical (unpaired) electrons. The third-order valence-corrected chi connectivity index (χ3v) is 6.28. The zero-order valence-corrected chi connectivity index (χ0v) is 18.7. The monoisotopic (exact) mass is 443 g/mol. The molecule has 0 bridgehead atoms. The highest BCUT2D eigenvalue weighted by molar-refractivity contribution is 6.30. The van der Waals surface area contributed by atoms with Gasteiger partial charge in [0.25, 0.3) is 0 Å². The Hall–Kier alpha value is -2.44. The molecule has 2 aromatic rings. The second-order valence-electron chi connectivity index (χ2n) is 8.14. The number of methoxy groups -OCH3 is 1. The Kier molecular flexibility index (Phi) is 7.20. The summed E-state index contributed by atoms with van der Waals surface area (Å²) in [5.74, 6) is 1.56. The minimum absolute atomic E-state index is 0.0687. The molecule has 1 amide bonds. The zero-order valence-electron chi connectivity index (χ0n) is 18.0. The molecular weight excluding hydrogens is 414 g/mol. The summed E-state index contributed by atoms with van der Waals surface area (Å²) in [5.41, 5.74) is 2.22. The number of carbonyl (C=O) groups is 1. The molecule has 0 aromatic heterocycles. The van der Waals surface area contributed by atoms with Crippen molar-refractivity contribution < 1.29 is 14.3 Å². The molecule has 31 heavy (non-hydrogen) atoms. The van der Waals surface area contributed by atoms with E-state index in [9.17, 15) is 4.79 Å². The normalized spacial score (nSPS) is 18.8. The molecule has 0 spiro atoms. The van der Waals surface area contributed by atoms with Crippen molar-refractivity contribution in [1.82, 2.24) is 10.2 Å². The van der Waals surface area contributed by atoms with Crippen molar-refractivity contribution in [3.8, 4) is 11.5 Å². The van der Waals surface area contributed by atoms with E-state index in [1.54, 1.807) is 7.11 Å². The fourth-order valence-corrected chi connectivity index (χ4v) is 4.41. The summed E-state index contributed by atoms with van der Waals surface area (Å²) in [4.78, 5) is 17.4. The molecule has 0 unspecified atom stereocenters. The van der Waals surface area contributed by atoms with Gasteiger partial charge in [0.2, 0.25) is 5.91 Å². The highest BCUT2D eigenvalue weighted by Gasteiger charge is 2.26. The Bertz CT molecular complexity index is 899. The number of nitrogens with zero attached hydrogens (tertiary/aromatic N) is 2. The Morgan fingerprint density at radius 3 is 2.81 bits per heavy atom. The molecule has 1 fully saturated rings. The molecule has 166 valence electrons. The first-order chi connectivity index (χ1) is 15.1. The van der Waals surface area contributed by atoms with Crippen molar-refractivity contribution in [2.75, 3.05) is 57.9 Å². The predicted octanol–water partition coefficient (Wildman–Crippen LogP) is 3.23. The fourth-order valence-electron chi connectivity index (χ4n) is 4.23. The quantitative estimate of drug-likeness (QED) is 0.666. The molecule has 1 N–H and O–H groups in total. The number of halogens is 1. The van der Waals surface area contributed by atoms with E-state index in [-0.39, 0.29) is 11.8 Å². The zero-order chi connectivity index (χ0) is 21.6. The molecule has 4 rings (SSSR count). The number of ether oxygens (including phenoxy) is 2. The number of piperazine rings is 1. The van der Waals surface area contributed by atoms with Crippen LogP contribution in [0.25, 0.3) is 0 Å². The Balaban J connectivity index is 1.16. The Morgan fingerprint density at radius 2 is 2.03 bits per heavy atom. The van der Waals surface area contributed by atoms with E-state index in [0.717, 1.165) is 61.2 Å². The minimum Gasteiger partial charge on any atom is -0.497 e. The number of anilines is 1. The smallest absolute Gasteiger partial charge is 0.226 e. The lowest BCUT2D eigenvalue weighted by Crippen LogP contribution is -2.47. The van der Waals surface area contributed by atoms with Gasteiger partial charge in [-0.25, -0.2) is 0 Å². The molecule has 6 nitrogen and oxygen atoms in total. The number of fused-ring (bicyclic) bond motifs is 1. The highest BCUT2D eigenvalue weighted by atomic mass is 35.5. The number of amides is 1. The molecule has 1 atom stereocenters. The van der Waals surface area contributed by atoms with Crippen LogP contribution in [0.1, 0.15) is 12.0 Å². The third-order valence-electron chi connectivity index (χ3n) is 6.04. The summed E-state index contributed by atoms with van der Waals surface area (Å²) in [6.45, 7) is 6.14. The maximum Gasteiger partial charge on any atom is 0.226 e. The van der Waals surface area contributed by atoms with Crippen molar-refractivity contribution >= 4 is 23.2 Å². The van der Waals surface area contributed by atoms with Crippen LogP contribution in [0.5, 0.6) is 11.5 Å².